The van der Waals surface area contributed by atoms with E-state index in [1.54, 1.807) is 6.26 Å². The summed E-state index contributed by atoms with van der Waals surface area (Å²) < 4.78 is 11.4. The first-order valence-corrected chi connectivity index (χ1v) is 8.57. The SMILES string of the molecule is O=C(N[C@@H]1C[C@H]2CC[C@H]1O2)N1CCCCC[C@@H]1c1ccco1. The summed E-state index contributed by atoms with van der Waals surface area (Å²) in [6.07, 6.45) is 9.85. The van der Waals surface area contributed by atoms with Gasteiger partial charge in [0.1, 0.15) is 5.76 Å². The molecule has 4 atom stereocenters. The van der Waals surface area contributed by atoms with Crippen molar-refractivity contribution in [1.29, 1.82) is 0 Å². The summed E-state index contributed by atoms with van der Waals surface area (Å²) in [6, 6.07) is 4.19. The molecular formula is C17H24N2O3. The van der Waals surface area contributed by atoms with Gasteiger partial charge in [-0.05, 0) is 44.2 Å². The van der Waals surface area contributed by atoms with Crippen molar-refractivity contribution in [2.24, 2.45) is 0 Å². The lowest BCUT2D eigenvalue weighted by atomic mass is 9.95. The van der Waals surface area contributed by atoms with Gasteiger partial charge in [0.15, 0.2) is 0 Å². The van der Waals surface area contributed by atoms with Gasteiger partial charge in [-0.1, -0.05) is 12.8 Å². The number of fused-ring (bicyclic) bond motifs is 2. The van der Waals surface area contributed by atoms with Crippen LogP contribution in [0.5, 0.6) is 0 Å². The molecule has 2 amide bonds. The number of nitrogens with zero attached hydrogens (tertiary/aromatic N) is 1. The highest BCUT2D eigenvalue weighted by Gasteiger charge is 2.42. The Labute approximate surface area is 131 Å². The zero-order valence-electron chi connectivity index (χ0n) is 12.9. The second-order valence-corrected chi connectivity index (χ2v) is 6.74. The molecular weight excluding hydrogens is 280 g/mol. The van der Waals surface area contributed by atoms with Gasteiger partial charge >= 0.3 is 6.03 Å². The summed E-state index contributed by atoms with van der Waals surface area (Å²) >= 11 is 0. The zero-order chi connectivity index (χ0) is 14.9. The van der Waals surface area contributed by atoms with Crippen LogP contribution in [0.1, 0.15) is 56.7 Å². The fourth-order valence-corrected chi connectivity index (χ4v) is 4.16. The largest absolute Gasteiger partial charge is 0.467 e. The molecule has 4 heterocycles. The fourth-order valence-electron chi connectivity index (χ4n) is 4.16. The number of urea groups is 1. The summed E-state index contributed by atoms with van der Waals surface area (Å²) in [6.45, 7) is 0.804. The Kier molecular flexibility index (Phi) is 3.82. The molecule has 2 bridgehead atoms. The van der Waals surface area contributed by atoms with Crippen LogP contribution < -0.4 is 5.32 Å². The predicted molar refractivity (Wildman–Crippen MR) is 81.5 cm³/mol. The average molecular weight is 304 g/mol. The number of ether oxygens (including phenoxy) is 1. The topological polar surface area (TPSA) is 54.7 Å². The van der Waals surface area contributed by atoms with Crippen LogP contribution in [-0.2, 0) is 4.74 Å². The molecule has 3 aliphatic rings. The Morgan fingerprint density at radius 1 is 1.23 bits per heavy atom. The summed E-state index contributed by atoms with van der Waals surface area (Å²) in [5, 5.41) is 3.22. The van der Waals surface area contributed by atoms with Crippen molar-refractivity contribution in [3.63, 3.8) is 0 Å². The van der Waals surface area contributed by atoms with E-state index in [1.807, 2.05) is 17.0 Å². The smallest absolute Gasteiger partial charge is 0.318 e. The zero-order valence-corrected chi connectivity index (χ0v) is 12.9. The first kappa shape index (κ1) is 14.1. The van der Waals surface area contributed by atoms with E-state index in [-0.39, 0.29) is 24.2 Å². The summed E-state index contributed by atoms with van der Waals surface area (Å²) in [5.41, 5.74) is 0. The van der Waals surface area contributed by atoms with Crippen molar-refractivity contribution in [3.8, 4) is 0 Å². The molecule has 120 valence electrons. The Morgan fingerprint density at radius 3 is 2.91 bits per heavy atom. The van der Waals surface area contributed by atoms with Crippen molar-refractivity contribution in [3.05, 3.63) is 24.2 Å². The minimum absolute atomic E-state index is 0.0458. The van der Waals surface area contributed by atoms with Crippen LogP contribution in [0, 0.1) is 0 Å². The molecule has 0 saturated carbocycles. The number of furan rings is 1. The van der Waals surface area contributed by atoms with Crippen LogP contribution in [0.4, 0.5) is 4.79 Å². The molecule has 5 heteroatoms. The standard InChI is InChI=1S/C17H24N2O3/c20-17(18-13-11-12-7-8-15(13)22-12)19-9-3-1-2-5-14(19)16-6-4-10-21-16/h4,6,10,12-15H,1-3,5,7-9,11H2,(H,18,20)/t12-,13-,14-,15-/m1/s1. The number of amides is 2. The molecule has 4 rings (SSSR count). The van der Waals surface area contributed by atoms with E-state index in [4.69, 9.17) is 9.15 Å². The highest BCUT2D eigenvalue weighted by molar-refractivity contribution is 5.75. The van der Waals surface area contributed by atoms with E-state index in [9.17, 15) is 4.79 Å². The van der Waals surface area contributed by atoms with Gasteiger partial charge in [-0.25, -0.2) is 4.79 Å². The van der Waals surface area contributed by atoms with E-state index in [0.29, 0.717) is 6.10 Å². The van der Waals surface area contributed by atoms with Gasteiger partial charge < -0.3 is 19.4 Å². The number of hydrogen-bond acceptors (Lipinski definition) is 3. The number of carbonyl (C=O) groups is 1. The Hall–Kier alpha value is -1.49. The summed E-state index contributed by atoms with van der Waals surface area (Å²) in [7, 11) is 0. The van der Waals surface area contributed by atoms with Crippen molar-refractivity contribution in [2.45, 2.75) is 69.2 Å². The number of nitrogens with one attached hydrogen (secondary N) is 1. The molecule has 1 aromatic rings. The maximum Gasteiger partial charge on any atom is 0.318 e. The van der Waals surface area contributed by atoms with Crippen LogP contribution in [0.3, 0.4) is 0 Å². The molecule has 0 spiro atoms. The van der Waals surface area contributed by atoms with Crippen LogP contribution in [0.25, 0.3) is 0 Å². The second-order valence-electron chi connectivity index (χ2n) is 6.74. The maximum atomic E-state index is 12.8. The molecule has 3 fully saturated rings. The van der Waals surface area contributed by atoms with E-state index < -0.39 is 0 Å². The van der Waals surface area contributed by atoms with Crippen molar-refractivity contribution in [2.75, 3.05) is 6.54 Å². The first-order valence-electron chi connectivity index (χ1n) is 8.57. The normalized spacial score (nSPS) is 34.6. The molecule has 0 unspecified atom stereocenters. The van der Waals surface area contributed by atoms with E-state index in [1.165, 1.54) is 6.42 Å². The third-order valence-electron chi connectivity index (χ3n) is 5.30. The second kappa shape index (κ2) is 5.95. The molecule has 1 aromatic heterocycles. The lowest BCUT2D eigenvalue weighted by Gasteiger charge is -2.31. The lowest BCUT2D eigenvalue weighted by Crippen LogP contribution is -2.49. The lowest BCUT2D eigenvalue weighted by molar-refractivity contribution is 0.0959. The molecule has 0 aromatic carbocycles. The number of carbonyl (C=O) groups excluding carboxylic acids is 1. The average Bonchev–Trinajstić information content (AvgIpc) is 3.23. The van der Waals surface area contributed by atoms with Gasteiger partial charge in [0, 0.05) is 6.54 Å². The highest BCUT2D eigenvalue weighted by atomic mass is 16.5. The third kappa shape index (κ3) is 2.62. The fraction of sp³-hybridized carbons (Fsp3) is 0.706. The maximum absolute atomic E-state index is 12.8. The van der Waals surface area contributed by atoms with Gasteiger partial charge in [0.25, 0.3) is 0 Å². The van der Waals surface area contributed by atoms with E-state index in [2.05, 4.69) is 5.32 Å². The monoisotopic (exact) mass is 304 g/mol. The molecule has 22 heavy (non-hydrogen) atoms. The first-order chi connectivity index (χ1) is 10.8. The summed E-state index contributed by atoms with van der Waals surface area (Å²) in [5.74, 6) is 0.904. The quantitative estimate of drug-likeness (QED) is 0.912. The summed E-state index contributed by atoms with van der Waals surface area (Å²) in [4.78, 5) is 14.8. The molecule has 5 nitrogen and oxygen atoms in total. The van der Waals surface area contributed by atoms with E-state index in [0.717, 1.165) is 50.8 Å². The van der Waals surface area contributed by atoms with Gasteiger partial charge in [-0.2, -0.15) is 0 Å². The number of hydrogen-bond donors (Lipinski definition) is 1. The van der Waals surface area contributed by atoms with Gasteiger partial charge in [-0.15, -0.1) is 0 Å². The third-order valence-corrected chi connectivity index (χ3v) is 5.30. The van der Waals surface area contributed by atoms with Crippen LogP contribution in [0.15, 0.2) is 22.8 Å². The van der Waals surface area contributed by atoms with Crippen LogP contribution in [-0.4, -0.2) is 35.7 Å². The Balaban J connectivity index is 1.46. The Bertz CT molecular complexity index is 516. The molecule has 1 N–H and O–H groups in total. The minimum Gasteiger partial charge on any atom is -0.467 e. The van der Waals surface area contributed by atoms with Gasteiger partial charge in [0.05, 0.1) is 30.6 Å². The number of likely N-dealkylation sites (tertiary alicyclic amines) is 1. The Morgan fingerprint density at radius 2 is 2.18 bits per heavy atom. The van der Waals surface area contributed by atoms with Crippen molar-refractivity contribution in [1.82, 2.24) is 10.2 Å². The molecule has 0 aliphatic carbocycles. The molecule has 3 aliphatic heterocycles. The minimum atomic E-state index is 0.0458. The molecule has 3 saturated heterocycles. The van der Waals surface area contributed by atoms with Crippen molar-refractivity contribution >= 4 is 6.03 Å². The molecule has 0 radical (unpaired) electrons. The van der Waals surface area contributed by atoms with Crippen LogP contribution >= 0.6 is 0 Å². The highest BCUT2D eigenvalue weighted by Crippen LogP contribution is 2.35. The van der Waals surface area contributed by atoms with Crippen LogP contribution in [0.2, 0.25) is 0 Å². The van der Waals surface area contributed by atoms with Crippen molar-refractivity contribution < 1.29 is 13.9 Å². The van der Waals surface area contributed by atoms with Gasteiger partial charge in [0.2, 0.25) is 0 Å². The van der Waals surface area contributed by atoms with E-state index >= 15 is 0 Å². The number of rotatable bonds is 2. The predicted octanol–water partition coefficient (Wildman–Crippen LogP) is 3.23. The van der Waals surface area contributed by atoms with Gasteiger partial charge in [-0.3, -0.25) is 0 Å².